The average Bonchev–Trinajstić information content (AvgIpc) is 2.73. The predicted molar refractivity (Wildman–Crippen MR) is 163 cm³/mol. The van der Waals surface area contributed by atoms with Gasteiger partial charge >= 0.3 is 213 Å². The first-order valence-electron chi connectivity index (χ1n) is 11.7. The van der Waals surface area contributed by atoms with Crippen LogP contribution in [0.2, 0.25) is 0 Å². The van der Waals surface area contributed by atoms with Crippen LogP contribution in [-0.4, -0.2) is 60.0 Å². The average molecular weight is 555 g/mol. The molecule has 0 aromatic heterocycles. The van der Waals surface area contributed by atoms with E-state index in [4.69, 9.17) is 12.9 Å². The van der Waals surface area contributed by atoms with Gasteiger partial charge < -0.3 is 0 Å². The van der Waals surface area contributed by atoms with E-state index in [1.165, 1.54) is 0 Å². The van der Waals surface area contributed by atoms with Crippen molar-refractivity contribution >= 4 is 44.2 Å². The first-order valence-corrected chi connectivity index (χ1v) is 23.7. The Hall–Kier alpha value is -0.940. The zero-order chi connectivity index (χ0) is 26.3. The summed E-state index contributed by atoms with van der Waals surface area (Å²) in [6.07, 6.45) is 0. The zero-order valence-electron chi connectivity index (χ0n) is 22.6. The van der Waals surface area contributed by atoms with Crippen molar-refractivity contribution in [3.05, 3.63) is 91.0 Å². The molecule has 8 heteroatoms. The fourth-order valence-corrected chi connectivity index (χ4v) is 18.3. The second-order valence-corrected chi connectivity index (χ2v) is 33.0. The molecule has 3 aromatic carbocycles. The molecule has 0 aliphatic heterocycles. The molecule has 0 bridgehead atoms. The molecule has 35 heavy (non-hydrogen) atoms. The van der Waals surface area contributed by atoms with Crippen LogP contribution in [0.15, 0.2) is 91.0 Å². The minimum atomic E-state index is -4.10. The summed E-state index contributed by atoms with van der Waals surface area (Å²) in [6.45, 7) is 9.02. The first-order chi connectivity index (χ1) is 15.8. The van der Waals surface area contributed by atoms with Crippen LogP contribution in [0.25, 0.3) is 0 Å². The molecule has 0 N–H and O–H groups in total. The quantitative estimate of drug-likeness (QED) is 0.263. The van der Waals surface area contributed by atoms with Gasteiger partial charge in [0.05, 0.1) is 0 Å². The van der Waals surface area contributed by atoms with E-state index in [-0.39, 0.29) is 0 Å². The molecule has 0 aliphatic rings. The summed E-state index contributed by atoms with van der Waals surface area (Å²) in [7, 11) is -4.10. The molecule has 0 amide bonds. The predicted octanol–water partition coefficient (Wildman–Crippen LogP) is 7.19. The van der Waals surface area contributed by atoms with E-state index in [1.54, 1.807) is 0 Å². The van der Waals surface area contributed by atoms with Crippen LogP contribution in [0.3, 0.4) is 0 Å². The van der Waals surface area contributed by atoms with Crippen LogP contribution in [0.5, 0.6) is 0 Å². The third kappa shape index (κ3) is 6.89. The van der Waals surface area contributed by atoms with Gasteiger partial charge in [-0.3, -0.25) is 0 Å². The number of rotatable bonds is 9. The second-order valence-electron chi connectivity index (χ2n) is 12.7. The molecule has 3 aromatic rings. The molecule has 0 atom stereocenters. The molecule has 0 heterocycles. The summed E-state index contributed by atoms with van der Waals surface area (Å²) in [5.74, 6) is 0. The standard InChI is InChI=1S/C27H42O4P4/c1-33(2,3,25-19-13-10-14-20-25)29-32(28,30-34(4,5,6)26-21-15-11-16-22-26)31-35(7,8,9)27-23-17-12-18-24-27/h10-24H,1-9H3. The number of benzene rings is 3. The van der Waals surface area contributed by atoms with Crippen molar-refractivity contribution in [1.29, 1.82) is 0 Å². The Morgan fingerprint density at radius 2 is 0.629 bits per heavy atom. The molecule has 0 radical (unpaired) electrons. The van der Waals surface area contributed by atoms with Crippen molar-refractivity contribution in [1.82, 2.24) is 0 Å². The summed E-state index contributed by atoms with van der Waals surface area (Å²) < 4.78 is 35.3. The number of hydrogen-bond acceptors (Lipinski definition) is 4. The van der Waals surface area contributed by atoms with E-state index < -0.39 is 28.3 Å². The molecule has 194 valence electrons. The van der Waals surface area contributed by atoms with Crippen LogP contribution in [0, 0.1) is 0 Å². The normalized spacial score (nSPS) is 18.1. The van der Waals surface area contributed by atoms with Crippen molar-refractivity contribution in [2.75, 3.05) is 60.0 Å². The van der Waals surface area contributed by atoms with Crippen molar-refractivity contribution < 1.29 is 17.5 Å². The van der Waals surface area contributed by atoms with E-state index in [0.29, 0.717) is 0 Å². The van der Waals surface area contributed by atoms with Crippen LogP contribution in [0.4, 0.5) is 0 Å². The zero-order valence-corrected chi connectivity index (χ0v) is 26.2. The van der Waals surface area contributed by atoms with Gasteiger partial charge in [0.15, 0.2) is 0 Å². The monoisotopic (exact) mass is 554 g/mol. The Morgan fingerprint density at radius 1 is 0.429 bits per heavy atom. The molecule has 0 fully saturated rings. The molecule has 0 aliphatic carbocycles. The molecule has 3 rings (SSSR count). The van der Waals surface area contributed by atoms with Crippen molar-refractivity contribution in [2.45, 2.75) is 0 Å². The minimum absolute atomic E-state index is 1.01. The van der Waals surface area contributed by atoms with Crippen LogP contribution in [0.1, 0.15) is 0 Å². The fourth-order valence-electron chi connectivity index (χ4n) is 4.04. The maximum absolute atomic E-state index is 15.0. The third-order valence-electron chi connectivity index (χ3n) is 6.07. The van der Waals surface area contributed by atoms with Gasteiger partial charge in [-0.2, -0.15) is 0 Å². The molecular formula is C27H42O4P4. The van der Waals surface area contributed by atoms with Crippen LogP contribution in [-0.2, 0) is 17.5 Å². The van der Waals surface area contributed by atoms with Crippen LogP contribution < -0.4 is 15.9 Å². The van der Waals surface area contributed by atoms with E-state index in [9.17, 15) is 0 Å². The van der Waals surface area contributed by atoms with Crippen LogP contribution >= 0.6 is 28.3 Å². The molecule has 0 unspecified atom stereocenters. The van der Waals surface area contributed by atoms with Gasteiger partial charge in [0.1, 0.15) is 0 Å². The second kappa shape index (κ2) is 8.82. The van der Waals surface area contributed by atoms with E-state index in [1.807, 2.05) is 91.0 Å². The summed E-state index contributed by atoms with van der Waals surface area (Å²) in [6, 6.07) is 30.0. The van der Waals surface area contributed by atoms with E-state index >= 15 is 4.57 Å². The molecule has 0 saturated carbocycles. The maximum atomic E-state index is 15.0. The topological polar surface area (TPSA) is 44.8 Å². The van der Waals surface area contributed by atoms with Gasteiger partial charge in [0, 0.05) is 0 Å². The summed E-state index contributed by atoms with van der Waals surface area (Å²) >= 11 is 0. The molecule has 0 saturated heterocycles. The van der Waals surface area contributed by atoms with Gasteiger partial charge in [-0.1, -0.05) is 0 Å². The van der Waals surface area contributed by atoms with Gasteiger partial charge in [0.25, 0.3) is 0 Å². The Bertz CT molecular complexity index is 1060. The Morgan fingerprint density at radius 3 is 0.829 bits per heavy atom. The van der Waals surface area contributed by atoms with Crippen molar-refractivity contribution in [3.63, 3.8) is 0 Å². The number of hydrogen-bond donors (Lipinski definition) is 0. The molecular weight excluding hydrogens is 512 g/mol. The third-order valence-corrected chi connectivity index (χ3v) is 21.5. The molecule has 0 spiro atoms. The summed E-state index contributed by atoms with van der Waals surface area (Å²) in [5, 5.41) is 3.03. The first kappa shape index (κ1) is 28.6. The Labute approximate surface area is 212 Å². The van der Waals surface area contributed by atoms with E-state index in [2.05, 4.69) is 60.0 Å². The Balaban J connectivity index is 2.16. The fraction of sp³-hybridized carbons (Fsp3) is 0.333. The van der Waals surface area contributed by atoms with Gasteiger partial charge in [0.2, 0.25) is 0 Å². The van der Waals surface area contributed by atoms with Gasteiger partial charge in [-0.15, -0.1) is 0 Å². The van der Waals surface area contributed by atoms with Gasteiger partial charge in [-0.25, -0.2) is 0 Å². The summed E-state index contributed by atoms with van der Waals surface area (Å²) in [4.78, 5) is 0. The summed E-state index contributed by atoms with van der Waals surface area (Å²) in [5.41, 5.74) is 0. The molecule has 4 nitrogen and oxygen atoms in total. The van der Waals surface area contributed by atoms with Crippen molar-refractivity contribution in [3.8, 4) is 0 Å². The van der Waals surface area contributed by atoms with E-state index in [0.717, 1.165) is 15.9 Å². The SMILES string of the molecule is CP(C)(C)(OP(=O)(OP(C)(C)(C)c1ccccc1)OP(C)(C)(C)c1ccccc1)c1ccccc1. The van der Waals surface area contributed by atoms with Gasteiger partial charge in [-0.05, 0) is 0 Å². The van der Waals surface area contributed by atoms with Crippen molar-refractivity contribution in [2.24, 2.45) is 0 Å². The Kier molecular flexibility index (Phi) is 7.22. The number of phosphoric acid groups is 1.